The maximum absolute atomic E-state index is 12.5. The van der Waals surface area contributed by atoms with Gasteiger partial charge in [0.1, 0.15) is 0 Å². The molecule has 0 heterocycles. The Balaban J connectivity index is 2.19. The Morgan fingerprint density at radius 2 is 2.14 bits per heavy atom. The predicted molar refractivity (Wildman–Crippen MR) is 85.7 cm³/mol. The molecule has 2 unspecified atom stereocenters. The third kappa shape index (κ3) is 4.04. The molecule has 1 aliphatic carbocycles. The lowest BCUT2D eigenvalue weighted by Crippen LogP contribution is -2.40. The van der Waals surface area contributed by atoms with Gasteiger partial charge < -0.3 is 10.1 Å². The van der Waals surface area contributed by atoms with E-state index >= 15 is 0 Å². The summed E-state index contributed by atoms with van der Waals surface area (Å²) in [7, 11) is -0.0693. The fraction of sp³-hybridized carbons (Fsp3) is 0.571. The van der Waals surface area contributed by atoms with Crippen molar-refractivity contribution < 1.29 is 13.2 Å². The van der Waals surface area contributed by atoms with Crippen LogP contribution in [-0.4, -0.2) is 34.7 Å². The number of methoxy groups -OCH3 is 1. The van der Waals surface area contributed by atoms with Crippen molar-refractivity contribution in [3.8, 4) is 0 Å². The van der Waals surface area contributed by atoms with Crippen LogP contribution in [-0.2, 0) is 21.3 Å². The first-order chi connectivity index (χ1) is 9.97. The predicted octanol–water partition coefficient (Wildman–Crippen LogP) is 2.01. The number of rotatable bonds is 6. The van der Waals surface area contributed by atoms with Crippen LogP contribution in [0.4, 0.5) is 0 Å². The summed E-state index contributed by atoms with van der Waals surface area (Å²) in [4.78, 5) is 0.268. The highest BCUT2D eigenvalue weighted by molar-refractivity contribution is 9.10. The van der Waals surface area contributed by atoms with Crippen LogP contribution >= 0.6 is 15.9 Å². The van der Waals surface area contributed by atoms with Crippen molar-refractivity contribution in [1.82, 2.24) is 10.0 Å². The van der Waals surface area contributed by atoms with Crippen LogP contribution in [0.15, 0.2) is 27.6 Å². The highest BCUT2D eigenvalue weighted by Crippen LogP contribution is 2.27. The average Bonchev–Trinajstić information content (AvgIpc) is 2.85. The van der Waals surface area contributed by atoms with Gasteiger partial charge >= 0.3 is 0 Å². The van der Waals surface area contributed by atoms with E-state index in [2.05, 4.69) is 26.0 Å². The van der Waals surface area contributed by atoms with Crippen molar-refractivity contribution >= 4 is 26.0 Å². The molecule has 7 heteroatoms. The zero-order chi connectivity index (χ0) is 15.5. The molecule has 0 spiro atoms. The number of hydrogen-bond acceptors (Lipinski definition) is 4. The monoisotopic (exact) mass is 376 g/mol. The third-order valence-corrected chi connectivity index (χ3v) is 6.20. The van der Waals surface area contributed by atoms with Crippen LogP contribution in [0.25, 0.3) is 0 Å². The molecule has 1 fully saturated rings. The summed E-state index contributed by atoms with van der Waals surface area (Å²) in [6.45, 7) is 0.695. The molecule has 1 saturated carbocycles. The van der Waals surface area contributed by atoms with Gasteiger partial charge in [0.2, 0.25) is 10.0 Å². The van der Waals surface area contributed by atoms with Gasteiger partial charge in [0.15, 0.2) is 0 Å². The maximum Gasteiger partial charge on any atom is 0.242 e. The van der Waals surface area contributed by atoms with Crippen molar-refractivity contribution in [3.05, 3.63) is 28.2 Å². The number of halogens is 1. The summed E-state index contributed by atoms with van der Waals surface area (Å²) in [5.41, 5.74) is 1.03. The van der Waals surface area contributed by atoms with Crippen molar-refractivity contribution in [1.29, 1.82) is 0 Å². The molecule has 1 aliphatic rings. The van der Waals surface area contributed by atoms with Gasteiger partial charge in [0.25, 0.3) is 0 Å². The van der Waals surface area contributed by atoms with Gasteiger partial charge in [-0.1, -0.05) is 6.07 Å². The van der Waals surface area contributed by atoms with Gasteiger partial charge in [-0.3, -0.25) is 0 Å². The molecule has 0 aromatic heterocycles. The topological polar surface area (TPSA) is 67.4 Å². The van der Waals surface area contributed by atoms with Crippen LogP contribution in [0.2, 0.25) is 0 Å². The number of hydrogen-bond donors (Lipinski definition) is 2. The lowest BCUT2D eigenvalue weighted by atomic mass is 10.2. The molecule has 21 heavy (non-hydrogen) atoms. The molecule has 2 atom stereocenters. The van der Waals surface area contributed by atoms with Crippen LogP contribution in [0, 0.1) is 0 Å². The second-order valence-corrected chi connectivity index (χ2v) is 7.76. The molecule has 0 radical (unpaired) electrons. The first-order valence-corrected chi connectivity index (χ1v) is 9.23. The van der Waals surface area contributed by atoms with Gasteiger partial charge in [-0.25, -0.2) is 13.1 Å². The van der Waals surface area contributed by atoms with Crippen molar-refractivity contribution in [2.45, 2.75) is 42.8 Å². The maximum atomic E-state index is 12.5. The minimum absolute atomic E-state index is 0.0397. The fourth-order valence-corrected chi connectivity index (χ4v) is 5.11. The van der Waals surface area contributed by atoms with E-state index < -0.39 is 10.0 Å². The van der Waals surface area contributed by atoms with E-state index in [0.29, 0.717) is 11.0 Å². The quantitative estimate of drug-likeness (QED) is 0.796. The highest BCUT2D eigenvalue weighted by Gasteiger charge is 2.31. The molecule has 2 N–H and O–H groups in total. The smallest absolute Gasteiger partial charge is 0.242 e. The Hall–Kier alpha value is -0.470. The van der Waals surface area contributed by atoms with E-state index in [0.717, 1.165) is 24.8 Å². The highest BCUT2D eigenvalue weighted by atomic mass is 79.9. The molecule has 118 valence electrons. The van der Waals surface area contributed by atoms with Crippen molar-refractivity contribution in [3.63, 3.8) is 0 Å². The van der Waals surface area contributed by atoms with Gasteiger partial charge in [-0.05, 0) is 59.9 Å². The molecule has 0 bridgehead atoms. The van der Waals surface area contributed by atoms with E-state index in [1.54, 1.807) is 13.2 Å². The molecular weight excluding hydrogens is 356 g/mol. The summed E-state index contributed by atoms with van der Waals surface area (Å²) in [6, 6.07) is 5.13. The SMILES string of the molecule is CNCc1ccc(S(=O)(=O)NC2CCCC2OC)c(Br)c1. The molecule has 0 amide bonds. The first kappa shape index (κ1) is 16.9. The summed E-state index contributed by atoms with van der Waals surface area (Å²) in [5, 5.41) is 3.04. The molecule has 1 aromatic rings. The molecule has 5 nitrogen and oxygen atoms in total. The van der Waals surface area contributed by atoms with Crippen LogP contribution in [0.3, 0.4) is 0 Å². The van der Waals surface area contributed by atoms with Crippen LogP contribution in [0.5, 0.6) is 0 Å². The Bertz CT molecular complexity index is 592. The van der Waals surface area contributed by atoms with Gasteiger partial charge in [0, 0.05) is 24.2 Å². The van der Waals surface area contributed by atoms with E-state index in [1.807, 2.05) is 19.2 Å². The van der Waals surface area contributed by atoms with E-state index in [-0.39, 0.29) is 17.0 Å². The second kappa shape index (κ2) is 7.19. The molecule has 1 aromatic carbocycles. The van der Waals surface area contributed by atoms with Crippen molar-refractivity contribution in [2.24, 2.45) is 0 Å². The van der Waals surface area contributed by atoms with Gasteiger partial charge in [-0.15, -0.1) is 0 Å². The molecular formula is C14H21BrN2O3S. The summed E-state index contributed by atoms with van der Waals surface area (Å²) < 4.78 is 33.7. The van der Waals surface area contributed by atoms with Gasteiger partial charge in [-0.2, -0.15) is 0 Å². The lowest BCUT2D eigenvalue weighted by molar-refractivity contribution is 0.0916. The molecule has 0 saturated heterocycles. The summed E-state index contributed by atoms with van der Waals surface area (Å²) >= 11 is 3.36. The van der Waals surface area contributed by atoms with E-state index in [4.69, 9.17) is 4.74 Å². The Morgan fingerprint density at radius 3 is 2.76 bits per heavy atom. The van der Waals surface area contributed by atoms with E-state index in [1.165, 1.54) is 0 Å². The average molecular weight is 377 g/mol. The molecule has 2 rings (SSSR count). The second-order valence-electron chi connectivity index (χ2n) is 5.23. The Morgan fingerprint density at radius 1 is 1.38 bits per heavy atom. The standard InChI is InChI=1S/C14H21BrN2O3S/c1-16-9-10-6-7-14(11(15)8-10)21(18,19)17-12-4-3-5-13(12)20-2/h6-8,12-13,16-17H,3-5,9H2,1-2H3. The lowest BCUT2D eigenvalue weighted by Gasteiger charge is -2.20. The minimum Gasteiger partial charge on any atom is -0.380 e. The van der Waals surface area contributed by atoms with Crippen molar-refractivity contribution in [2.75, 3.05) is 14.2 Å². The van der Waals surface area contributed by atoms with Crippen LogP contribution in [0.1, 0.15) is 24.8 Å². The van der Waals surface area contributed by atoms with E-state index in [9.17, 15) is 8.42 Å². The molecule has 0 aliphatic heterocycles. The van der Waals surface area contributed by atoms with Crippen LogP contribution < -0.4 is 10.0 Å². The number of nitrogens with one attached hydrogen (secondary N) is 2. The number of sulfonamides is 1. The normalized spacial score (nSPS) is 22.6. The Labute approximate surface area is 134 Å². The number of ether oxygens (including phenoxy) is 1. The van der Waals surface area contributed by atoms with Gasteiger partial charge in [0.05, 0.1) is 11.0 Å². The zero-order valence-electron chi connectivity index (χ0n) is 12.2. The first-order valence-electron chi connectivity index (χ1n) is 6.96. The summed E-state index contributed by atoms with van der Waals surface area (Å²) in [6.07, 6.45) is 2.65. The Kier molecular flexibility index (Phi) is 5.79. The fourth-order valence-electron chi connectivity index (χ4n) is 2.68. The zero-order valence-corrected chi connectivity index (χ0v) is 14.6. The largest absolute Gasteiger partial charge is 0.380 e. The minimum atomic E-state index is -3.55. The third-order valence-electron chi connectivity index (χ3n) is 3.73. The summed E-state index contributed by atoms with van der Waals surface area (Å²) in [5.74, 6) is 0. The number of benzene rings is 1.